The van der Waals surface area contributed by atoms with E-state index in [0.717, 1.165) is 23.7 Å². The van der Waals surface area contributed by atoms with E-state index in [4.69, 9.17) is 9.05 Å². The molecule has 2 fully saturated rings. The summed E-state index contributed by atoms with van der Waals surface area (Å²) in [6.07, 6.45) is 2.90. The van der Waals surface area contributed by atoms with Gasteiger partial charge in [-0.2, -0.15) is 0 Å². The number of fused-ring (bicyclic) bond motifs is 1. The van der Waals surface area contributed by atoms with Crippen molar-refractivity contribution in [2.24, 2.45) is 5.92 Å². The van der Waals surface area contributed by atoms with Gasteiger partial charge in [0.2, 0.25) is 0 Å². The molecule has 120 valence electrons. The van der Waals surface area contributed by atoms with E-state index < -0.39 is 6.80 Å². The number of halogens is 1. The molecule has 6 heteroatoms. The fourth-order valence-corrected chi connectivity index (χ4v) is 8.53. The summed E-state index contributed by atoms with van der Waals surface area (Å²) >= 11 is 4.75. The van der Waals surface area contributed by atoms with Gasteiger partial charge in [0.25, 0.3) is 0 Å². The van der Waals surface area contributed by atoms with Crippen LogP contribution in [-0.2, 0) is 9.09 Å². The van der Waals surface area contributed by atoms with E-state index >= 15 is 0 Å². The molecular formula is C16H20BrO3PS. The minimum Gasteiger partial charge on any atom is -0.417 e. The summed E-state index contributed by atoms with van der Waals surface area (Å²) in [5.74, 6) is 1.08. The standard InChI is InChI=1S/C16H20BrO3PS/c1-11(2)12-8-9-16(3)15(10-12)22-21(18,20-16)19-14-6-4-13(17)5-7-14/h4-7,12,15H,1,8-10H2,2-3H3/t12-,15+,16+,21-/m1/s1. The Morgan fingerprint density at radius 1 is 1.50 bits per heavy atom. The van der Waals surface area contributed by atoms with Gasteiger partial charge in [0.1, 0.15) is 5.75 Å². The molecule has 1 aliphatic carbocycles. The van der Waals surface area contributed by atoms with E-state index in [1.165, 1.54) is 17.0 Å². The average molecular weight is 403 g/mol. The number of rotatable bonds is 3. The van der Waals surface area contributed by atoms with E-state index in [1.54, 1.807) is 12.1 Å². The van der Waals surface area contributed by atoms with Crippen LogP contribution >= 0.6 is 34.1 Å². The van der Waals surface area contributed by atoms with Crippen molar-refractivity contribution in [1.82, 2.24) is 0 Å². The van der Waals surface area contributed by atoms with Gasteiger partial charge in [0, 0.05) is 9.72 Å². The van der Waals surface area contributed by atoms with Crippen molar-refractivity contribution < 1.29 is 13.6 Å². The lowest BCUT2D eigenvalue weighted by molar-refractivity contribution is 0.0507. The van der Waals surface area contributed by atoms with Crippen LogP contribution in [0.1, 0.15) is 33.1 Å². The van der Waals surface area contributed by atoms with Crippen LogP contribution in [0.25, 0.3) is 0 Å². The predicted molar refractivity (Wildman–Crippen MR) is 95.4 cm³/mol. The number of hydrogen-bond acceptors (Lipinski definition) is 4. The van der Waals surface area contributed by atoms with Gasteiger partial charge >= 0.3 is 6.80 Å². The van der Waals surface area contributed by atoms with Crippen LogP contribution in [0.2, 0.25) is 0 Å². The van der Waals surface area contributed by atoms with Gasteiger partial charge in [0.15, 0.2) is 0 Å². The number of hydrogen-bond donors (Lipinski definition) is 0. The van der Waals surface area contributed by atoms with Crippen LogP contribution in [0.4, 0.5) is 0 Å². The van der Waals surface area contributed by atoms with Crippen LogP contribution in [-0.4, -0.2) is 10.9 Å². The molecule has 22 heavy (non-hydrogen) atoms. The molecule has 1 aromatic carbocycles. The normalized spacial score (nSPS) is 37.6. The third kappa shape index (κ3) is 3.33. The van der Waals surface area contributed by atoms with E-state index in [2.05, 4.69) is 36.4 Å². The first-order valence-corrected chi connectivity index (χ1v) is 11.2. The predicted octanol–water partition coefficient (Wildman–Crippen LogP) is 6.20. The lowest BCUT2D eigenvalue weighted by atomic mass is 9.77. The van der Waals surface area contributed by atoms with Crippen LogP contribution in [0.5, 0.6) is 5.75 Å². The van der Waals surface area contributed by atoms with Gasteiger partial charge in [0.05, 0.1) is 5.60 Å². The zero-order valence-corrected chi connectivity index (χ0v) is 16.0. The molecule has 1 aliphatic heterocycles. The minimum absolute atomic E-state index is 0.198. The molecule has 0 unspecified atom stereocenters. The Hall–Kier alpha value is -0.220. The maximum atomic E-state index is 13.0. The highest BCUT2D eigenvalue weighted by Crippen LogP contribution is 2.73. The Morgan fingerprint density at radius 2 is 2.18 bits per heavy atom. The summed E-state index contributed by atoms with van der Waals surface area (Å²) in [5, 5.41) is 0.198. The molecule has 0 spiro atoms. The molecular weight excluding hydrogens is 383 g/mol. The first-order valence-electron chi connectivity index (χ1n) is 7.39. The summed E-state index contributed by atoms with van der Waals surface area (Å²) in [5.41, 5.74) is 0.847. The molecule has 3 rings (SSSR count). The van der Waals surface area contributed by atoms with Crippen molar-refractivity contribution in [1.29, 1.82) is 0 Å². The Labute approximate surface area is 144 Å². The molecule has 4 atom stereocenters. The van der Waals surface area contributed by atoms with E-state index in [9.17, 15) is 4.57 Å². The second kappa shape index (κ2) is 6.01. The van der Waals surface area contributed by atoms with E-state index in [0.29, 0.717) is 11.7 Å². The summed E-state index contributed by atoms with van der Waals surface area (Å²) in [6, 6.07) is 7.34. The van der Waals surface area contributed by atoms with Crippen molar-refractivity contribution >= 4 is 34.1 Å². The van der Waals surface area contributed by atoms with Crippen molar-refractivity contribution in [2.75, 3.05) is 0 Å². The molecule has 1 saturated carbocycles. The van der Waals surface area contributed by atoms with Crippen molar-refractivity contribution in [3.63, 3.8) is 0 Å². The molecule has 0 aromatic heterocycles. The minimum atomic E-state index is -3.16. The third-order valence-corrected chi connectivity index (χ3v) is 9.27. The maximum absolute atomic E-state index is 13.0. The Kier molecular flexibility index (Phi) is 4.54. The maximum Gasteiger partial charge on any atom is 0.441 e. The lowest BCUT2D eigenvalue weighted by Gasteiger charge is -2.37. The third-order valence-electron chi connectivity index (χ3n) is 4.47. The fourth-order valence-electron chi connectivity index (χ4n) is 3.05. The van der Waals surface area contributed by atoms with Gasteiger partial charge in [-0.05, 0) is 74.7 Å². The number of benzene rings is 1. The van der Waals surface area contributed by atoms with Crippen molar-refractivity contribution in [2.45, 2.75) is 44.0 Å². The quantitative estimate of drug-likeness (QED) is 0.445. The van der Waals surface area contributed by atoms with Gasteiger partial charge in [-0.1, -0.05) is 28.1 Å². The molecule has 3 nitrogen and oxygen atoms in total. The first-order chi connectivity index (χ1) is 10.3. The molecule has 1 heterocycles. The second-order valence-corrected chi connectivity index (χ2v) is 11.2. The summed E-state index contributed by atoms with van der Waals surface area (Å²) in [6.45, 7) is 5.04. The van der Waals surface area contributed by atoms with E-state index in [-0.39, 0.29) is 10.9 Å². The van der Waals surface area contributed by atoms with E-state index in [1.807, 2.05) is 12.1 Å². The zero-order valence-electron chi connectivity index (χ0n) is 12.8. The molecule has 0 bridgehead atoms. The monoisotopic (exact) mass is 402 g/mol. The first kappa shape index (κ1) is 16.6. The Morgan fingerprint density at radius 3 is 2.82 bits per heavy atom. The smallest absolute Gasteiger partial charge is 0.417 e. The summed E-state index contributed by atoms with van der Waals surface area (Å²) in [4.78, 5) is 0. The summed E-state index contributed by atoms with van der Waals surface area (Å²) in [7, 11) is 0. The second-order valence-electron chi connectivity index (χ2n) is 6.31. The SMILES string of the molecule is C=C(C)[C@@H]1CC[C@]2(C)O[P@@](=O)(Oc3ccc(Br)cc3)S[C@H]2C1. The lowest BCUT2D eigenvalue weighted by Crippen LogP contribution is -2.40. The zero-order chi connectivity index (χ0) is 16.0. The van der Waals surface area contributed by atoms with Crippen molar-refractivity contribution in [3.05, 3.63) is 40.9 Å². The molecule has 2 aliphatic rings. The fraction of sp³-hybridized carbons (Fsp3) is 0.500. The topological polar surface area (TPSA) is 35.5 Å². The number of allylic oxidation sites excluding steroid dienone is 1. The van der Waals surface area contributed by atoms with Crippen LogP contribution in [0.3, 0.4) is 0 Å². The highest BCUT2D eigenvalue weighted by Gasteiger charge is 2.56. The highest BCUT2D eigenvalue weighted by molar-refractivity contribution is 9.10. The molecule has 1 saturated heterocycles. The molecule has 0 radical (unpaired) electrons. The van der Waals surface area contributed by atoms with Gasteiger partial charge in [-0.25, -0.2) is 4.57 Å². The highest BCUT2D eigenvalue weighted by atomic mass is 79.9. The van der Waals surface area contributed by atoms with Gasteiger partial charge < -0.3 is 4.52 Å². The van der Waals surface area contributed by atoms with Crippen molar-refractivity contribution in [3.8, 4) is 5.75 Å². The molecule has 0 N–H and O–H groups in total. The van der Waals surface area contributed by atoms with Gasteiger partial charge in [-0.3, -0.25) is 4.52 Å². The Balaban J connectivity index is 1.76. The van der Waals surface area contributed by atoms with Gasteiger partial charge in [-0.15, -0.1) is 0 Å². The van der Waals surface area contributed by atoms with Crippen LogP contribution in [0.15, 0.2) is 40.9 Å². The summed E-state index contributed by atoms with van der Waals surface area (Å²) < 4.78 is 25.6. The largest absolute Gasteiger partial charge is 0.441 e. The average Bonchev–Trinajstić information content (AvgIpc) is 2.70. The molecule has 1 aromatic rings. The van der Waals surface area contributed by atoms with Crippen LogP contribution in [0, 0.1) is 5.92 Å². The Bertz CT molecular complexity index is 633. The van der Waals surface area contributed by atoms with Crippen LogP contribution < -0.4 is 4.52 Å². The molecule has 0 amide bonds.